The van der Waals surface area contributed by atoms with Gasteiger partial charge in [-0.1, -0.05) is 32.0 Å². The highest BCUT2D eigenvalue weighted by Crippen LogP contribution is 2.23. The van der Waals surface area contributed by atoms with Crippen molar-refractivity contribution in [3.8, 4) is 0 Å². The molecule has 0 saturated carbocycles. The minimum atomic E-state index is 0.122. The molecule has 0 aliphatic heterocycles. The highest BCUT2D eigenvalue weighted by Gasteiger charge is 2.13. The Morgan fingerprint density at radius 2 is 2.05 bits per heavy atom. The van der Waals surface area contributed by atoms with E-state index in [1.807, 2.05) is 22.9 Å². The lowest BCUT2D eigenvalue weighted by molar-refractivity contribution is 0.423. The SMILES string of the molecule is CC(C)Cn1ncnc1CN[C@H](C)c1cc2ccccc2o1. The van der Waals surface area contributed by atoms with E-state index in [2.05, 4.69) is 48.3 Å². The van der Waals surface area contributed by atoms with Crippen LogP contribution in [0.5, 0.6) is 0 Å². The Balaban J connectivity index is 1.67. The van der Waals surface area contributed by atoms with Crippen LogP contribution in [0.3, 0.4) is 0 Å². The zero-order chi connectivity index (χ0) is 15.5. The Labute approximate surface area is 130 Å². The summed E-state index contributed by atoms with van der Waals surface area (Å²) in [6.07, 6.45) is 1.62. The van der Waals surface area contributed by atoms with Gasteiger partial charge in [0.05, 0.1) is 12.6 Å². The van der Waals surface area contributed by atoms with Crippen molar-refractivity contribution in [3.63, 3.8) is 0 Å². The molecule has 5 nitrogen and oxygen atoms in total. The third-order valence-corrected chi connectivity index (χ3v) is 3.67. The van der Waals surface area contributed by atoms with Gasteiger partial charge in [-0.3, -0.25) is 0 Å². The summed E-state index contributed by atoms with van der Waals surface area (Å²) in [5, 5.41) is 8.88. The van der Waals surface area contributed by atoms with E-state index in [0.29, 0.717) is 12.5 Å². The first-order valence-corrected chi connectivity index (χ1v) is 7.72. The summed E-state index contributed by atoms with van der Waals surface area (Å²) >= 11 is 0. The van der Waals surface area contributed by atoms with E-state index in [1.54, 1.807) is 6.33 Å². The van der Waals surface area contributed by atoms with Crippen molar-refractivity contribution in [1.29, 1.82) is 0 Å². The predicted molar refractivity (Wildman–Crippen MR) is 86.3 cm³/mol. The molecule has 5 heteroatoms. The summed E-state index contributed by atoms with van der Waals surface area (Å²) in [7, 11) is 0. The normalized spacial score (nSPS) is 13.1. The van der Waals surface area contributed by atoms with Crippen LogP contribution in [-0.2, 0) is 13.1 Å². The lowest BCUT2D eigenvalue weighted by Gasteiger charge is -2.12. The molecule has 0 fully saturated rings. The average molecular weight is 298 g/mol. The smallest absolute Gasteiger partial charge is 0.140 e. The molecule has 0 amide bonds. The Kier molecular flexibility index (Phi) is 4.24. The fraction of sp³-hybridized carbons (Fsp3) is 0.412. The lowest BCUT2D eigenvalue weighted by atomic mass is 10.2. The summed E-state index contributed by atoms with van der Waals surface area (Å²) < 4.78 is 7.85. The number of furan rings is 1. The Bertz CT molecular complexity index is 711. The number of nitrogens with zero attached hydrogens (tertiary/aromatic N) is 3. The van der Waals surface area contributed by atoms with Crippen LogP contribution < -0.4 is 5.32 Å². The van der Waals surface area contributed by atoms with E-state index >= 15 is 0 Å². The van der Waals surface area contributed by atoms with Gasteiger partial charge in [-0.15, -0.1) is 0 Å². The second-order valence-corrected chi connectivity index (χ2v) is 6.04. The maximum Gasteiger partial charge on any atom is 0.140 e. The van der Waals surface area contributed by atoms with E-state index in [9.17, 15) is 0 Å². The van der Waals surface area contributed by atoms with Crippen LogP contribution in [0, 0.1) is 5.92 Å². The molecule has 0 unspecified atom stereocenters. The minimum absolute atomic E-state index is 0.122. The molecule has 22 heavy (non-hydrogen) atoms. The molecular formula is C17H22N4O. The zero-order valence-electron chi connectivity index (χ0n) is 13.3. The van der Waals surface area contributed by atoms with Crippen LogP contribution in [-0.4, -0.2) is 14.8 Å². The first-order chi connectivity index (χ1) is 10.6. The molecule has 3 rings (SSSR count). The molecule has 0 spiro atoms. The van der Waals surface area contributed by atoms with Crippen LogP contribution >= 0.6 is 0 Å². The second kappa shape index (κ2) is 6.32. The van der Waals surface area contributed by atoms with Gasteiger partial charge in [0.25, 0.3) is 0 Å². The largest absolute Gasteiger partial charge is 0.459 e. The molecule has 3 aromatic rings. The fourth-order valence-corrected chi connectivity index (χ4v) is 2.48. The molecule has 0 aliphatic carbocycles. The first-order valence-electron chi connectivity index (χ1n) is 7.72. The molecule has 1 N–H and O–H groups in total. The number of fused-ring (bicyclic) bond motifs is 1. The monoisotopic (exact) mass is 298 g/mol. The van der Waals surface area contributed by atoms with E-state index in [0.717, 1.165) is 29.1 Å². The Hall–Kier alpha value is -2.14. The summed E-state index contributed by atoms with van der Waals surface area (Å²) in [5.74, 6) is 2.45. The molecular weight excluding hydrogens is 276 g/mol. The summed E-state index contributed by atoms with van der Waals surface area (Å²) in [6, 6.07) is 10.3. The number of rotatable bonds is 6. The third-order valence-electron chi connectivity index (χ3n) is 3.67. The number of benzene rings is 1. The van der Waals surface area contributed by atoms with E-state index in [4.69, 9.17) is 4.42 Å². The Morgan fingerprint density at radius 3 is 2.82 bits per heavy atom. The molecule has 0 radical (unpaired) electrons. The molecule has 116 valence electrons. The van der Waals surface area contributed by atoms with Crippen molar-refractivity contribution in [2.75, 3.05) is 0 Å². The second-order valence-electron chi connectivity index (χ2n) is 6.04. The summed E-state index contributed by atoms with van der Waals surface area (Å²) in [4.78, 5) is 4.34. The van der Waals surface area contributed by atoms with Gasteiger partial charge in [0, 0.05) is 11.9 Å². The van der Waals surface area contributed by atoms with Crippen molar-refractivity contribution in [1.82, 2.24) is 20.1 Å². The standard InChI is InChI=1S/C17H22N4O/c1-12(2)10-21-17(19-11-20-21)9-18-13(3)16-8-14-6-4-5-7-15(14)22-16/h4-8,11-13,18H,9-10H2,1-3H3/t13-/m1/s1. The number of hydrogen-bond acceptors (Lipinski definition) is 4. The van der Waals surface area contributed by atoms with Gasteiger partial charge in [-0.25, -0.2) is 9.67 Å². The molecule has 0 saturated heterocycles. The quantitative estimate of drug-likeness (QED) is 0.756. The fourth-order valence-electron chi connectivity index (χ4n) is 2.48. The van der Waals surface area contributed by atoms with E-state index < -0.39 is 0 Å². The molecule has 1 aromatic carbocycles. The number of aromatic nitrogens is 3. The van der Waals surface area contributed by atoms with Gasteiger partial charge in [-0.05, 0) is 25.0 Å². The number of para-hydroxylation sites is 1. The molecule has 2 heterocycles. The third kappa shape index (κ3) is 3.20. The average Bonchev–Trinajstić information content (AvgIpc) is 3.10. The van der Waals surface area contributed by atoms with Gasteiger partial charge in [0.15, 0.2) is 0 Å². The van der Waals surface area contributed by atoms with Gasteiger partial charge in [0.2, 0.25) is 0 Å². The van der Waals surface area contributed by atoms with E-state index in [1.165, 1.54) is 0 Å². The van der Waals surface area contributed by atoms with Crippen molar-refractivity contribution < 1.29 is 4.42 Å². The van der Waals surface area contributed by atoms with Gasteiger partial charge >= 0.3 is 0 Å². The summed E-state index contributed by atoms with van der Waals surface area (Å²) in [6.45, 7) is 8.01. The van der Waals surface area contributed by atoms with Crippen LogP contribution in [0.4, 0.5) is 0 Å². The maximum atomic E-state index is 5.89. The molecule has 0 bridgehead atoms. The van der Waals surface area contributed by atoms with Gasteiger partial charge in [-0.2, -0.15) is 5.10 Å². The van der Waals surface area contributed by atoms with Crippen LogP contribution in [0.2, 0.25) is 0 Å². The minimum Gasteiger partial charge on any atom is -0.459 e. The lowest BCUT2D eigenvalue weighted by Crippen LogP contribution is -2.21. The maximum absolute atomic E-state index is 5.89. The number of hydrogen-bond donors (Lipinski definition) is 1. The molecule has 1 atom stereocenters. The molecule has 0 aliphatic rings. The predicted octanol–water partition coefficient (Wildman–Crippen LogP) is 3.53. The van der Waals surface area contributed by atoms with Gasteiger partial charge in [0.1, 0.15) is 23.5 Å². The van der Waals surface area contributed by atoms with Crippen molar-refractivity contribution in [2.24, 2.45) is 5.92 Å². The molecule has 2 aromatic heterocycles. The highest BCUT2D eigenvalue weighted by atomic mass is 16.3. The van der Waals surface area contributed by atoms with Crippen LogP contribution in [0.15, 0.2) is 41.1 Å². The first kappa shape index (κ1) is 14.8. The summed E-state index contributed by atoms with van der Waals surface area (Å²) in [5.41, 5.74) is 0.925. The van der Waals surface area contributed by atoms with Crippen molar-refractivity contribution in [3.05, 3.63) is 48.2 Å². The highest BCUT2D eigenvalue weighted by molar-refractivity contribution is 5.77. The van der Waals surface area contributed by atoms with Crippen LogP contribution in [0.25, 0.3) is 11.0 Å². The van der Waals surface area contributed by atoms with Gasteiger partial charge < -0.3 is 9.73 Å². The zero-order valence-corrected chi connectivity index (χ0v) is 13.3. The van der Waals surface area contributed by atoms with Crippen molar-refractivity contribution in [2.45, 2.75) is 39.9 Å². The topological polar surface area (TPSA) is 55.9 Å². The van der Waals surface area contributed by atoms with Crippen molar-refractivity contribution >= 4 is 11.0 Å². The number of nitrogens with one attached hydrogen (secondary N) is 1. The van der Waals surface area contributed by atoms with E-state index in [-0.39, 0.29) is 6.04 Å². The van der Waals surface area contributed by atoms with Crippen LogP contribution in [0.1, 0.15) is 38.4 Å². The Morgan fingerprint density at radius 1 is 1.23 bits per heavy atom.